The van der Waals surface area contributed by atoms with Crippen LogP contribution < -0.4 is 5.32 Å². The molecule has 2 atom stereocenters. The highest BCUT2D eigenvalue weighted by Crippen LogP contribution is 2.25. The summed E-state index contributed by atoms with van der Waals surface area (Å²) in [5.41, 5.74) is 1.56. The summed E-state index contributed by atoms with van der Waals surface area (Å²) < 4.78 is 1.79. The van der Waals surface area contributed by atoms with Crippen LogP contribution in [0.3, 0.4) is 0 Å². The van der Waals surface area contributed by atoms with Crippen molar-refractivity contribution in [2.45, 2.75) is 32.9 Å². The Bertz CT molecular complexity index is 678. The molecule has 1 aromatic carbocycles. The van der Waals surface area contributed by atoms with Gasteiger partial charge in [0, 0.05) is 19.0 Å². The van der Waals surface area contributed by atoms with Gasteiger partial charge in [-0.3, -0.25) is 14.8 Å². The summed E-state index contributed by atoms with van der Waals surface area (Å²) in [6.07, 6.45) is 2.21. The molecule has 1 aliphatic heterocycles. The Morgan fingerprint density at radius 2 is 2.18 bits per heavy atom. The lowest BCUT2D eigenvalue weighted by Crippen LogP contribution is -2.45. The van der Waals surface area contributed by atoms with E-state index in [1.54, 1.807) is 4.68 Å². The van der Waals surface area contributed by atoms with Crippen LogP contribution in [-0.2, 0) is 7.05 Å². The first kappa shape index (κ1) is 15.0. The summed E-state index contributed by atoms with van der Waals surface area (Å²) in [5, 5.41) is 8.89. The van der Waals surface area contributed by atoms with Gasteiger partial charge >= 0.3 is 0 Å². The predicted molar refractivity (Wildman–Crippen MR) is 87.6 cm³/mol. The van der Waals surface area contributed by atoms with Gasteiger partial charge in [-0.25, -0.2) is 0 Å². The third-order valence-electron chi connectivity index (χ3n) is 4.36. The molecule has 0 aliphatic carbocycles. The van der Waals surface area contributed by atoms with Gasteiger partial charge < -0.3 is 4.90 Å². The SMILES string of the molecule is CCCNC1CC(C)CN1C(=O)c1nn(C)c2ccccc12. The van der Waals surface area contributed by atoms with E-state index in [0.29, 0.717) is 11.6 Å². The van der Waals surface area contributed by atoms with Crippen LogP contribution in [0.4, 0.5) is 0 Å². The smallest absolute Gasteiger partial charge is 0.276 e. The Morgan fingerprint density at radius 3 is 2.95 bits per heavy atom. The van der Waals surface area contributed by atoms with E-state index in [9.17, 15) is 4.79 Å². The minimum atomic E-state index is 0.0368. The van der Waals surface area contributed by atoms with Crippen LogP contribution in [0.15, 0.2) is 24.3 Å². The molecule has 3 rings (SSSR count). The van der Waals surface area contributed by atoms with Crippen LogP contribution in [0.2, 0.25) is 0 Å². The van der Waals surface area contributed by atoms with E-state index >= 15 is 0 Å². The number of aryl methyl sites for hydroxylation is 1. The maximum absolute atomic E-state index is 13.0. The summed E-state index contributed by atoms with van der Waals surface area (Å²) in [6, 6.07) is 7.91. The van der Waals surface area contributed by atoms with Crippen molar-refractivity contribution in [3.63, 3.8) is 0 Å². The van der Waals surface area contributed by atoms with Crippen LogP contribution in [0.25, 0.3) is 10.9 Å². The number of likely N-dealkylation sites (tertiary alicyclic amines) is 1. The fraction of sp³-hybridized carbons (Fsp3) is 0.529. The third-order valence-corrected chi connectivity index (χ3v) is 4.36. The number of hydrogen-bond acceptors (Lipinski definition) is 3. The number of benzene rings is 1. The van der Waals surface area contributed by atoms with Gasteiger partial charge in [0.25, 0.3) is 5.91 Å². The van der Waals surface area contributed by atoms with Crippen LogP contribution in [0, 0.1) is 5.92 Å². The second-order valence-electron chi connectivity index (χ2n) is 6.26. The summed E-state index contributed by atoms with van der Waals surface area (Å²) >= 11 is 0. The zero-order valence-electron chi connectivity index (χ0n) is 13.5. The first-order valence-electron chi connectivity index (χ1n) is 8.08. The lowest BCUT2D eigenvalue weighted by molar-refractivity contribution is 0.0704. The molecule has 1 N–H and O–H groups in total. The third kappa shape index (κ3) is 2.61. The van der Waals surface area contributed by atoms with Crippen molar-refractivity contribution in [1.82, 2.24) is 20.0 Å². The highest BCUT2D eigenvalue weighted by Gasteiger charge is 2.34. The number of hydrogen-bond donors (Lipinski definition) is 1. The van der Waals surface area contributed by atoms with Gasteiger partial charge in [-0.2, -0.15) is 5.10 Å². The van der Waals surface area contributed by atoms with Crippen LogP contribution in [-0.4, -0.2) is 39.8 Å². The molecule has 2 heterocycles. The topological polar surface area (TPSA) is 50.2 Å². The standard InChI is InChI=1S/C17H24N4O/c1-4-9-18-15-10-12(2)11-21(15)17(22)16-13-7-5-6-8-14(13)20(3)19-16/h5-8,12,15,18H,4,9-11H2,1-3H3. The molecule has 2 aromatic rings. The number of para-hydroxylation sites is 1. The van der Waals surface area contributed by atoms with Crippen molar-refractivity contribution >= 4 is 16.8 Å². The molecular weight excluding hydrogens is 276 g/mol. The van der Waals surface area contributed by atoms with Crippen LogP contribution in [0.1, 0.15) is 37.2 Å². The molecule has 0 radical (unpaired) electrons. The molecule has 0 bridgehead atoms. The number of amides is 1. The second-order valence-corrected chi connectivity index (χ2v) is 6.26. The van der Waals surface area contributed by atoms with Gasteiger partial charge in [-0.15, -0.1) is 0 Å². The lowest BCUT2D eigenvalue weighted by Gasteiger charge is -2.24. The summed E-state index contributed by atoms with van der Waals surface area (Å²) in [6.45, 7) is 6.07. The van der Waals surface area contributed by atoms with Crippen molar-refractivity contribution in [2.75, 3.05) is 13.1 Å². The average molecular weight is 300 g/mol. The Labute approximate surface area is 131 Å². The van der Waals surface area contributed by atoms with Gasteiger partial charge in [0.05, 0.1) is 11.7 Å². The van der Waals surface area contributed by atoms with Crippen molar-refractivity contribution in [2.24, 2.45) is 13.0 Å². The van der Waals surface area contributed by atoms with Gasteiger partial charge in [0.15, 0.2) is 5.69 Å². The molecule has 1 aromatic heterocycles. The number of aromatic nitrogens is 2. The molecule has 1 fully saturated rings. The Balaban J connectivity index is 1.91. The lowest BCUT2D eigenvalue weighted by atomic mass is 10.1. The monoisotopic (exact) mass is 300 g/mol. The van der Waals surface area contributed by atoms with Crippen molar-refractivity contribution in [3.05, 3.63) is 30.0 Å². The highest BCUT2D eigenvalue weighted by molar-refractivity contribution is 6.05. The Morgan fingerprint density at radius 1 is 1.41 bits per heavy atom. The van der Waals surface area contributed by atoms with E-state index in [1.165, 1.54) is 0 Å². The molecule has 0 saturated carbocycles. The van der Waals surface area contributed by atoms with Crippen LogP contribution in [0.5, 0.6) is 0 Å². The molecule has 5 nitrogen and oxygen atoms in total. The molecule has 1 amide bonds. The van der Waals surface area contributed by atoms with E-state index in [-0.39, 0.29) is 12.1 Å². The largest absolute Gasteiger partial charge is 0.321 e. The number of rotatable bonds is 4. The summed E-state index contributed by atoms with van der Waals surface area (Å²) in [7, 11) is 1.89. The first-order valence-corrected chi connectivity index (χ1v) is 8.08. The maximum atomic E-state index is 13.0. The molecule has 1 saturated heterocycles. The number of fused-ring (bicyclic) bond motifs is 1. The van der Waals surface area contributed by atoms with Crippen LogP contribution >= 0.6 is 0 Å². The summed E-state index contributed by atoms with van der Waals surface area (Å²) in [5.74, 6) is 0.558. The molecule has 2 unspecified atom stereocenters. The van der Waals surface area contributed by atoms with Gasteiger partial charge in [0.2, 0.25) is 0 Å². The number of carbonyl (C=O) groups excluding carboxylic acids is 1. The highest BCUT2D eigenvalue weighted by atomic mass is 16.2. The zero-order valence-corrected chi connectivity index (χ0v) is 13.5. The van der Waals surface area contributed by atoms with Crippen molar-refractivity contribution in [3.8, 4) is 0 Å². The Kier molecular flexibility index (Phi) is 4.16. The normalized spacial score (nSPS) is 21.7. The average Bonchev–Trinajstić information content (AvgIpc) is 3.06. The Hall–Kier alpha value is -1.88. The van der Waals surface area contributed by atoms with E-state index in [1.807, 2.05) is 36.2 Å². The number of carbonyl (C=O) groups is 1. The predicted octanol–water partition coefficient (Wildman–Crippen LogP) is 2.38. The molecule has 0 spiro atoms. The minimum absolute atomic E-state index is 0.0368. The molecule has 22 heavy (non-hydrogen) atoms. The molecule has 118 valence electrons. The first-order chi connectivity index (χ1) is 10.6. The number of nitrogens with one attached hydrogen (secondary N) is 1. The van der Waals surface area contributed by atoms with Gasteiger partial charge in [-0.05, 0) is 31.4 Å². The zero-order chi connectivity index (χ0) is 15.7. The second kappa shape index (κ2) is 6.08. The fourth-order valence-electron chi connectivity index (χ4n) is 3.28. The van der Waals surface area contributed by atoms with E-state index in [4.69, 9.17) is 0 Å². The number of nitrogens with zero attached hydrogens (tertiary/aromatic N) is 3. The fourth-order valence-corrected chi connectivity index (χ4v) is 3.28. The molecule has 5 heteroatoms. The van der Waals surface area contributed by atoms with E-state index in [0.717, 1.165) is 36.8 Å². The molecule has 1 aliphatic rings. The van der Waals surface area contributed by atoms with Gasteiger partial charge in [0.1, 0.15) is 0 Å². The maximum Gasteiger partial charge on any atom is 0.276 e. The van der Waals surface area contributed by atoms with Crippen molar-refractivity contribution in [1.29, 1.82) is 0 Å². The molecular formula is C17H24N4O. The van der Waals surface area contributed by atoms with Gasteiger partial charge in [-0.1, -0.05) is 32.0 Å². The van der Waals surface area contributed by atoms with E-state index < -0.39 is 0 Å². The summed E-state index contributed by atoms with van der Waals surface area (Å²) in [4.78, 5) is 15.0. The minimum Gasteiger partial charge on any atom is -0.321 e. The quantitative estimate of drug-likeness (QED) is 0.943. The van der Waals surface area contributed by atoms with Crippen molar-refractivity contribution < 1.29 is 4.79 Å². The van der Waals surface area contributed by atoms with E-state index in [2.05, 4.69) is 24.3 Å².